The van der Waals surface area contributed by atoms with Crippen LogP contribution in [-0.4, -0.2) is 89.1 Å². The van der Waals surface area contributed by atoms with Crippen molar-refractivity contribution in [2.45, 2.75) is 4.90 Å². The van der Waals surface area contributed by atoms with Gasteiger partial charge in [-0.3, -0.25) is 9.80 Å². The molecule has 0 atom stereocenters. The average Bonchev–Trinajstić information content (AvgIpc) is 2.76. The van der Waals surface area contributed by atoms with Crippen LogP contribution in [0.25, 0.3) is 0 Å². The van der Waals surface area contributed by atoms with Crippen LogP contribution in [0.15, 0.2) is 59.5 Å². The molecular formula is C22H31N3O4S. The average molecular weight is 434 g/mol. The van der Waals surface area contributed by atoms with Crippen molar-refractivity contribution in [2.75, 3.05) is 66.6 Å². The summed E-state index contributed by atoms with van der Waals surface area (Å²) in [4.78, 5) is 5.08. The van der Waals surface area contributed by atoms with Crippen LogP contribution in [0.2, 0.25) is 0 Å². The van der Waals surface area contributed by atoms with Crippen LogP contribution in [0.1, 0.15) is 0 Å². The second kappa shape index (κ2) is 10.8. The molecule has 2 aromatic rings. The first-order valence-electron chi connectivity index (χ1n) is 10.2. The number of piperazine rings is 1. The zero-order valence-electron chi connectivity index (χ0n) is 17.7. The van der Waals surface area contributed by atoms with Gasteiger partial charge in [0, 0.05) is 53.4 Å². The van der Waals surface area contributed by atoms with Crippen molar-refractivity contribution in [3.63, 3.8) is 0 Å². The van der Waals surface area contributed by atoms with E-state index < -0.39 is 10.0 Å². The third-order valence-electron chi connectivity index (χ3n) is 5.16. The Kier molecular flexibility index (Phi) is 8.09. The molecule has 164 valence electrons. The molecule has 3 rings (SSSR count). The molecule has 0 aliphatic carbocycles. The van der Waals surface area contributed by atoms with Crippen molar-refractivity contribution in [1.82, 2.24) is 14.1 Å². The summed E-state index contributed by atoms with van der Waals surface area (Å²) >= 11 is 0. The van der Waals surface area contributed by atoms with Crippen LogP contribution in [0.5, 0.6) is 11.5 Å². The fraction of sp³-hybridized carbons (Fsp3) is 0.455. The van der Waals surface area contributed by atoms with Gasteiger partial charge in [-0.05, 0) is 36.4 Å². The minimum absolute atomic E-state index is 0.271. The predicted octanol–water partition coefficient (Wildman–Crippen LogP) is 2.01. The van der Waals surface area contributed by atoms with Gasteiger partial charge in [0.15, 0.2) is 0 Å². The molecule has 0 bridgehead atoms. The van der Waals surface area contributed by atoms with Crippen molar-refractivity contribution in [3.8, 4) is 11.5 Å². The highest BCUT2D eigenvalue weighted by Gasteiger charge is 2.18. The smallest absolute Gasteiger partial charge is 0.242 e. The van der Waals surface area contributed by atoms with Gasteiger partial charge < -0.3 is 9.47 Å². The monoisotopic (exact) mass is 433 g/mol. The van der Waals surface area contributed by atoms with Crippen LogP contribution in [0, 0.1) is 0 Å². The van der Waals surface area contributed by atoms with E-state index in [9.17, 15) is 8.42 Å². The molecule has 1 saturated heterocycles. The molecule has 1 aliphatic heterocycles. The zero-order valence-corrected chi connectivity index (χ0v) is 18.6. The lowest BCUT2D eigenvalue weighted by atomic mass is 10.3. The molecule has 0 unspecified atom stereocenters. The summed E-state index contributed by atoms with van der Waals surface area (Å²) in [6.07, 6.45) is 0. The molecule has 0 N–H and O–H groups in total. The lowest BCUT2D eigenvalue weighted by Gasteiger charge is -2.34. The summed E-state index contributed by atoms with van der Waals surface area (Å²) in [5.74, 6) is 1.60. The lowest BCUT2D eigenvalue weighted by Crippen LogP contribution is -2.48. The minimum atomic E-state index is -3.40. The molecular weight excluding hydrogens is 402 g/mol. The number of hydrogen-bond donors (Lipinski definition) is 0. The number of benzene rings is 2. The second-order valence-electron chi connectivity index (χ2n) is 7.45. The SMILES string of the molecule is CN(C)S(=O)(=O)c1ccc(OCCN2CCN(CCOc3ccccc3)CC2)cc1. The summed E-state index contributed by atoms with van der Waals surface area (Å²) in [7, 11) is -0.356. The third kappa shape index (κ3) is 6.43. The van der Waals surface area contributed by atoms with Gasteiger partial charge in [-0.2, -0.15) is 0 Å². The van der Waals surface area contributed by atoms with Crippen LogP contribution < -0.4 is 9.47 Å². The van der Waals surface area contributed by atoms with E-state index in [0.29, 0.717) is 19.0 Å². The Bertz CT molecular complexity index is 865. The number of sulfonamides is 1. The molecule has 2 aromatic carbocycles. The topological polar surface area (TPSA) is 62.3 Å². The number of ether oxygens (including phenoxy) is 2. The highest BCUT2D eigenvalue weighted by molar-refractivity contribution is 7.89. The van der Waals surface area contributed by atoms with Gasteiger partial charge in [-0.15, -0.1) is 0 Å². The van der Waals surface area contributed by atoms with Crippen LogP contribution in [0.3, 0.4) is 0 Å². The molecule has 0 saturated carbocycles. The van der Waals surface area contributed by atoms with Gasteiger partial charge in [0.05, 0.1) is 4.90 Å². The molecule has 0 spiro atoms. The van der Waals surface area contributed by atoms with Crippen molar-refractivity contribution >= 4 is 10.0 Å². The Morgan fingerprint density at radius 2 is 1.23 bits per heavy atom. The Hall–Kier alpha value is -2.13. The summed E-state index contributed by atoms with van der Waals surface area (Å²) in [5, 5.41) is 0. The van der Waals surface area contributed by atoms with E-state index in [1.54, 1.807) is 24.3 Å². The maximum Gasteiger partial charge on any atom is 0.242 e. The number of nitrogens with zero attached hydrogens (tertiary/aromatic N) is 3. The van der Waals surface area contributed by atoms with Crippen molar-refractivity contribution in [1.29, 1.82) is 0 Å². The van der Waals surface area contributed by atoms with Crippen molar-refractivity contribution < 1.29 is 17.9 Å². The highest BCUT2D eigenvalue weighted by atomic mass is 32.2. The first-order valence-corrected chi connectivity index (χ1v) is 11.7. The standard InChI is InChI=1S/C22H31N3O4S/c1-23(2)30(26,27)22-10-8-21(9-11-22)29-19-17-25-14-12-24(13-15-25)16-18-28-20-6-4-3-5-7-20/h3-11H,12-19H2,1-2H3. The molecule has 0 radical (unpaired) electrons. The molecule has 0 aromatic heterocycles. The number of rotatable bonds is 10. The Morgan fingerprint density at radius 1 is 0.767 bits per heavy atom. The van der Waals surface area contributed by atoms with E-state index in [4.69, 9.17) is 9.47 Å². The van der Waals surface area contributed by atoms with Crippen LogP contribution in [-0.2, 0) is 10.0 Å². The number of hydrogen-bond acceptors (Lipinski definition) is 6. The van der Waals surface area contributed by atoms with E-state index >= 15 is 0 Å². The maximum atomic E-state index is 12.1. The summed E-state index contributed by atoms with van der Waals surface area (Å²) < 4.78 is 37.0. The Labute approximate surface area is 179 Å². The first kappa shape index (κ1) is 22.6. The largest absolute Gasteiger partial charge is 0.492 e. The van der Waals surface area contributed by atoms with Crippen molar-refractivity contribution in [2.24, 2.45) is 0 Å². The summed E-state index contributed by atoms with van der Waals surface area (Å²) in [5.41, 5.74) is 0. The third-order valence-corrected chi connectivity index (χ3v) is 6.99. The second-order valence-corrected chi connectivity index (χ2v) is 9.60. The van der Waals surface area contributed by atoms with Crippen LogP contribution >= 0.6 is 0 Å². The summed E-state index contributed by atoms with van der Waals surface area (Å²) in [6, 6.07) is 16.5. The van der Waals surface area contributed by atoms with E-state index in [1.165, 1.54) is 18.4 Å². The van der Waals surface area contributed by atoms with E-state index in [2.05, 4.69) is 9.80 Å². The molecule has 1 aliphatic rings. The van der Waals surface area contributed by atoms with E-state index in [0.717, 1.165) is 45.0 Å². The maximum absolute atomic E-state index is 12.1. The van der Waals surface area contributed by atoms with E-state index in [1.807, 2.05) is 30.3 Å². The molecule has 30 heavy (non-hydrogen) atoms. The van der Waals surface area contributed by atoms with Crippen molar-refractivity contribution in [3.05, 3.63) is 54.6 Å². The normalized spacial score (nSPS) is 16.0. The Morgan fingerprint density at radius 3 is 1.70 bits per heavy atom. The molecule has 1 heterocycles. The van der Waals surface area contributed by atoms with Gasteiger partial charge in [-0.25, -0.2) is 12.7 Å². The van der Waals surface area contributed by atoms with Gasteiger partial charge in [-0.1, -0.05) is 18.2 Å². The highest BCUT2D eigenvalue weighted by Crippen LogP contribution is 2.18. The zero-order chi connectivity index (χ0) is 21.4. The van der Waals surface area contributed by atoms with E-state index in [-0.39, 0.29) is 4.90 Å². The van der Waals surface area contributed by atoms with Crippen LogP contribution in [0.4, 0.5) is 0 Å². The first-order chi connectivity index (χ1) is 14.4. The van der Waals surface area contributed by atoms with Gasteiger partial charge in [0.1, 0.15) is 24.7 Å². The lowest BCUT2D eigenvalue weighted by molar-refractivity contribution is 0.105. The molecule has 0 amide bonds. The van der Waals surface area contributed by atoms with Gasteiger partial charge in [0.2, 0.25) is 10.0 Å². The fourth-order valence-electron chi connectivity index (χ4n) is 3.26. The Balaban J connectivity index is 1.32. The predicted molar refractivity (Wildman–Crippen MR) is 118 cm³/mol. The fourth-order valence-corrected chi connectivity index (χ4v) is 4.16. The molecule has 1 fully saturated rings. The molecule has 8 heteroatoms. The summed E-state index contributed by atoms with van der Waals surface area (Å²) in [6.45, 7) is 7.13. The minimum Gasteiger partial charge on any atom is -0.492 e. The number of para-hydroxylation sites is 1. The van der Waals surface area contributed by atoms with Gasteiger partial charge >= 0.3 is 0 Å². The van der Waals surface area contributed by atoms with Gasteiger partial charge in [0.25, 0.3) is 0 Å². The molecule has 7 nitrogen and oxygen atoms in total. The quantitative estimate of drug-likeness (QED) is 0.571.